The molecule has 0 amide bonds. The van der Waals surface area contributed by atoms with Crippen LogP contribution in [0.4, 0.5) is 0 Å². The van der Waals surface area contributed by atoms with Gasteiger partial charge in [0.1, 0.15) is 12.4 Å². The number of rotatable bonds is 5. The zero-order chi connectivity index (χ0) is 15.7. The SMILES string of the molecule is CC(C)(C)S(=O)(=O)CCOc1cc2c(cc1CN)OCO2. The summed E-state index contributed by atoms with van der Waals surface area (Å²) in [5, 5.41) is 0. The Bertz CT molecular complexity index is 619. The van der Waals surface area contributed by atoms with E-state index in [4.69, 9.17) is 19.9 Å². The molecule has 0 atom stereocenters. The molecule has 1 aromatic rings. The zero-order valence-electron chi connectivity index (χ0n) is 12.5. The van der Waals surface area contributed by atoms with Gasteiger partial charge in [-0.1, -0.05) is 0 Å². The minimum Gasteiger partial charge on any atom is -0.492 e. The van der Waals surface area contributed by atoms with Crippen molar-refractivity contribution < 1.29 is 22.6 Å². The normalized spacial score (nSPS) is 14.3. The second-order valence-electron chi connectivity index (χ2n) is 5.80. The Morgan fingerprint density at radius 3 is 2.43 bits per heavy atom. The summed E-state index contributed by atoms with van der Waals surface area (Å²) in [5.41, 5.74) is 6.43. The fourth-order valence-corrected chi connectivity index (χ4v) is 2.74. The van der Waals surface area contributed by atoms with E-state index in [1.165, 1.54) is 0 Å². The smallest absolute Gasteiger partial charge is 0.231 e. The minimum absolute atomic E-state index is 0.0467. The van der Waals surface area contributed by atoms with Gasteiger partial charge >= 0.3 is 0 Å². The van der Waals surface area contributed by atoms with Crippen molar-refractivity contribution in [3.8, 4) is 17.2 Å². The van der Waals surface area contributed by atoms with E-state index in [1.807, 2.05) is 0 Å². The van der Waals surface area contributed by atoms with Gasteiger partial charge in [0.25, 0.3) is 0 Å². The summed E-state index contributed by atoms with van der Waals surface area (Å²) in [5.74, 6) is 1.70. The van der Waals surface area contributed by atoms with Crippen LogP contribution in [0.3, 0.4) is 0 Å². The summed E-state index contributed by atoms with van der Waals surface area (Å²) in [7, 11) is -3.21. The number of benzene rings is 1. The maximum Gasteiger partial charge on any atom is 0.231 e. The third-order valence-electron chi connectivity index (χ3n) is 3.32. The summed E-state index contributed by atoms with van der Waals surface area (Å²) in [6.45, 7) is 5.54. The van der Waals surface area contributed by atoms with Gasteiger partial charge < -0.3 is 19.9 Å². The maximum atomic E-state index is 12.0. The second-order valence-corrected chi connectivity index (χ2v) is 8.66. The molecule has 1 aliphatic heterocycles. The molecule has 0 radical (unpaired) electrons. The zero-order valence-corrected chi connectivity index (χ0v) is 13.3. The third kappa shape index (κ3) is 3.41. The van der Waals surface area contributed by atoms with Crippen molar-refractivity contribution in [3.63, 3.8) is 0 Å². The fourth-order valence-electron chi connectivity index (χ4n) is 1.83. The van der Waals surface area contributed by atoms with Crippen LogP contribution in [0.5, 0.6) is 17.2 Å². The highest BCUT2D eigenvalue weighted by atomic mass is 32.2. The molecule has 6 nitrogen and oxygen atoms in total. The van der Waals surface area contributed by atoms with Gasteiger partial charge in [-0.2, -0.15) is 0 Å². The number of nitrogens with two attached hydrogens (primary N) is 1. The van der Waals surface area contributed by atoms with Crippen molar-refractivity contribution >= 4 is 9.84 Å². The molecule has 21 heavy (non-hydrogen) atoms. The lowest BCUT2D eigenvalue weighted by atomic mass is 10.2. The van der Waals surface area contributed by atoms with E-state index < -0.39 is 14.6 Å². The number of ether oxygens (including phenoxy) is 3. The number of hydrogen-bond acceptors (Lipinski definition) is 6. The van der Waals surface area contributed by atoms with Crippen molar-refractivity contribution in [1.82, 2.24) is 0 Å². The standard InChI is InChI=1S/C14H21NO5S/c1-14(2,3)21(16,17)5-4-18-11-7-13-12(19-9-20-13)6-10(11)8-15/h6-7H,4-5,8-9,15H2,1-3H3. The van der Waals surface area contributed by atoms with Crippen LogP contribution in [0.2, 0.25) is 0 Å². The highest BCUT2D eigenvalue weighted by molar-refractivity contribution is 7.92. The molecule has 0 aromatic heterocycles. The Labute approximate surface area is 125 Å². The van der Waals surface area contributed by atoms with Crippen LogP contribution in [0.25, 0.3) is 0 Å². The Balaban J connectivity index is 2.07. The molecule has 1 heterocycles. The molecule has 0 saturated heterocycles. The van der Waals surface area contributed by atoms with Crippen LogP contribution in [-0.4, -0.2) is 32.3 Å². The molecule has 0 saturated carbocycles. The molecule has 0 bridgehead atoms. The molecule has 2 rings (SSSR count). The van der Waals surface area contributed by atoms with Crippen LogP contribution in [0.15, 0.2) is 12.1 Å². The summed E-state index contributed by atoms with van der Waals surface area (Å²) in [6, 6.07) is 3.45. The van der Waals surface area contributed by atoms with Crippen LogP contribution in [0, 0.1) is 0 Å². The van der Waals surface area contributed by atoms with E-state index >= 15 is 0 Å². The van der Waals surface area contributed by atoms with E-state index in [-0.39, 0.29) is 25.7 Å². The van der Waals surface area contributed by atoms with Crippen molar-refractivity contribution in [2.24, 2.45) is 5.73 Å². The van der Waals surface area contributed by atoms with Gasteiger partial charge in [-0.15, -0.1) is 0 Å². The molecule has 118 valence electrons. The molecule has 2 N–H and O–H groups in total. The van der Waals surface area contributed by atoms with Crippen LogP contribution < -0.4 is 19.9 Å². The minimum atomic E-state index is -3.21. The summed E-state index contributed by atoms with van der Waals surface area (Å²) < 4.78 is 39.4. The average molecular weight is 315 g/mol. The molecule has 1 aromatic carbocycles. The van der Waals surface area contributed by atoms with E-state index in [2.05, 4.69) is 0 Å². The first kappa shape index (κ1) is 15.9. The first-order chi connectivity index (χ1) is 9.74. The molecule has 0 unspecified atom stereocenters. The van der Waals surface area contributed by atoms with E-state index in [0.29, 0.717) is 17.2 Å². The Morgan fingerprint density at radius 2 is 1.86 bits per heavy atom. The van der Waals surface area contributed by atoms with Crippen LogP contribution in [0.1, 0.15) is 26.3 Å². The van der Waals surface area contributed by atoms with Crippen molar-refractivity contribution in [1.29, 1.82) is 0 Å². The Kier molecular flexibility index (Phi) is 4.34. The average Bonchev–Trinajstić information content (AvgIpc) is 2.83. The first-order valence-corrected chi connectivity index (χ1v) is 8.37. The topological polar surface area (TPSA) is 87.9 Å². The number of sulfone groups is 1. The van der Waals surface area contributed by atoms with Gasteiger partial charge in [-0.25, -0.2) is 8.42 Å². The fraction of sp³-hybridized carbons (Fsp3) is 0.571. The van der Waals surface area contributed by atoms with Crippen LogP contribution >= 0.6 is 0 Å². The number of hydrogen-bond donors (Lipinski definition) is 1. The van der Waals surface area contributed by atoms with Gasteiger partial charge in [0, 0.05) is 18.2 Å². The molecular weight excluding hydrogens is 294 g/mol. The lowest BCUT2D eigenvalue weighted by Gasteiger charge is -2.19. The highest BCUT2D eigenvalue weighted by Gasteiger charge is 2.28. The van der Waals surface area contributed by atoms with E-state index in [1.54, 1.807) is 32.9 Å². The van der Waals surface area contributed by atoms with Gasteiger partial charge in [0.2, 0.25) is 6.79 Å². The highest BCUT2D eigenvalue weighted by Crippen LogP contribution is 2.38. The quantitative estimate of drug-likeness (QED) is 0.885. The molecule has 0 spiro atoms. The maximum absolute atomic E-state index is 12.0. The molecule has 0 aliphatic carbocycles. The second kappa shape index (κ2) is 5.73. The molecule has 1 aliphatic rings. The largest absolute Gasteiger partial charge is 0.492 e. The van der Waals surface area contributed by atoms with Gasteiger partial charge in [-0.05, 0) is 26.8 Å². The van der Waals surface area contributed by atoms with Crippen molar-refractivity contribution in [3.05, 3.63) is 17.7 Å². The third-order valence-corrected chi connectivity index (χ3v) is 5.89. The molecular formula is C14H21NO5S. The molecule has 0 fully saturated rings. The van der Waals surface area contributed by atoms with Gasteiger partial charge in [-0.3, -0.25) is 0 Å². The van der Waals surface area contributed by atoms with E-state index in [9.17, 15) is 8.42 Å². The lowest BCUT2D eigenvalue weighted by Crippen LogP contribution is -2.32. The number of fused-ring (bicyclic) bond motifs is 1. The summed E-state index contributed by atoms with van der Waals surface area (Å²) in [4.78, 5) is 0. The predicted octanol–water partition coefficient (Wildman–Crippen LogP) is 1.47. The van der Waals surface area contributed by atoms with Gasteiger partial charge in [0.05, 0.1) is 10.5 Å². The first-order valence-electron chi connectivity index (χ1n) is 6.72. The molecule has 7 heteroatoms. The van der Waals surface area contributed by atoms with Crippen molar-refractivity contribution in [2.75, 3.05) is 19.2 Å². The monoisotopic (exact) mass is 315 g/mol. The van der Waals surface area contributed by atoms with Crippen molar-refractivity contribution in [2.45, 2.75) is 32.1 Å². The van der Waals surface area contributed by atoms with Crippen LogP contribution in [-0.2, 0) is 16.4 Å². The van der Waals surface area contributed by atoms with Gasteiger partial charge in [0.15, 0.2) is 21.3 Å². The van der Waals surface area contributed by atoms with E-state index in [0.717, 1.165) is 5.56 Å². The lowest BCUT2D eigenvalue weighted by molar-refractivity contribution is 0.173. The summed E-state index contributed by atoms with van der Waals surface area (Å²) >= 11 is 0. The Hall–Kier alpha value is -1.47. The summed E-state index contributed by atoms with van der Waals surface area (Å²) in [6.07, 6.45) is 0. The predicted molar refractivity (Wildman–Crippen MR) is 79.5 cm³/mol. The Morgan fingerprint density at radius 1 is 1.24 bits per heavy atom.